The van der Waals surface area contributed by atoms with E-state index >= 15 is 0 Å². The van der Waals surface area contributed by atoms with Gasteiger partial charge in [0.25, 0.3) is 0 Å². The molecule has 0 amide bonds. The first-order valence-corrected chi connectivity index (χ1v) is 10.9. The second-order valence-electron chi connectivity index (χ2n) is 7.60. The lowest BCUT2D eigenvalue weighted by Crippen LogP contribution is -2.15. The topological polar surface area (TPSA) is 42.0 Å². The number of hydrogen-bond donors (Lipinski definition) is 0. The largest absolute Gasteiger partial charge is 0.494 e. The molecular formula is C22H30N2O3S. The monoisotopic (exact) mass is 402 g/mol. The summed E-state index contributed by atoms with van der Waals surface area (Å²) >= 11 is 0. The Morgan fingerprint density at radius 1 is 0.750 bits per heavy atom. The second kappa shape index (κ2) is 9.54. The zero-order valence-corrected chi connectivity index (χ0v) is 18.1. The summed E-state index contributed by atoms with van der Waals surface area (Å²) < 4.78 is 24.6. The molecule has 1 aliphatic rings. The van der Waals surface area contributed by atoms with E-state index in [4.69, 9.17) is 9.47 Å². The standard InChI is InChI=1S/C22H30N2O3S/c1-23(2)11-5-13-26-17-8-10-21-20(15-17)19-9-7-18(16-22(19)28(21)25)27-14-6-12-24(3)4/h7-10,15-16H,5-6,11-14H2,1-4H3. The lowest BCUT2D eigenvalue weighted by Gasteiger charge is -2.11. The van der Waals surface area contributed by atoms with E-state index in [0.29, 0.717) is 13.2 Å². The molecule has 0 fully saturated rings. The average molecular weight is 403 g/mol. The highest BCUT2D eigenvalue weighted by atomic mass is 32.2. The number of nitrogens with zero attached hydrogens (tertiary/aromatic N) is 2. The molecule has 152 valence electrons. The van der Waals surface area contributed by atoms with E-state index in [9.17, 15) is 4.21 Å². The molecule has 1 heterocycles. The fraction of sp³-hybridized carbons (Fsp3) is 0.455. The Morgan fingerprint density at radius 2 is 1.32 bits per heavy atom. The Morgan fingerprint density at radius 3 is 1.93 bits per heavy atom. The van der Waals surface area contributed by atoms with Gasteiger partial charge in [-0.3, -0.25) is 0 Å². The van der Waals surface area contributed by atoms with Crippen molar-refractivity contribution < 1.29 is 13.7 Å². The second-order valence-corrected chi connectivity index (χ2v) is 9.01. The van der Waals surface area contributed by atoms with Crippen molar-refractivity contribution in [2.24, 2.45) is 0 Å². The van der Waals surface area contributed by atoms with Gasteiger partial charge < -0.3 is 19.3 Å². The first-order chi connectivity index (χ1) is 13.5. The molecule has 1 unspecified atom stereocenters. The number of rotatable bonds is 10. The van der Waals surface area contributed by atoms with Crippen LogP contribution < -0.4 is 9.47 Å². The molecule has 0 aromatic heterocycles. The molecule has 28 heavy (non-hydrogen) atoms. The van der Waals surface area contributed by atoms with E-state index in [-0.39, 0.29) is 0 Å². The summed E-state index contributed by atoms with van der Waals surface area (Å²) in [5, 5.41) is 0. The normalized spacial score (nSPS) is 15.0. The highest BCUT2D eigenvalue weighted by Crippen LogP contribution is 2.43. The Bertz CT molecular complexity index is 837. The summed E-state index contributed by atoms with van der Waals surface area (Å²) in [6.45, 7) is 3.31. The van der Waals surface area contributed by atoms with Crippen molar-refractivity contribution in [3.63, 3.8) is 0 Å². The predicted octanol–water partition coefficient (Wildman–Crippen LogP) is 3.49. The first kappa shape index (κ1) is 20.8. The summed E-state index contributed by atoms with van der Waals surface area (Å²) in [6, 6.07) is 11.7. The van der Waals surface area contributed by atoms with Crippen LogP contribution in [0.3, 0.4) is 0 Å². The van der Waals surface area contributed by atoms with Crippen molar-refractivity contribution >= 4 is 10.8 Å². The van der Waals surface area contributed by atoms with Gasteiger partial charge in [0.1, 0.15) is 11.5 Å². The molecule has 5 nitrogen and oxygen atoms in total. The maximum atomic E-state index is 12.9. The van der Waals surface area contributed by atoms with E-state index in [2.05, 4.69) is 38.0 Å². The van der Waals surface area contributed by atoms with E-state index in [1.807, 2.05) is 36.4 Å². The molecule has 0 saturated carbocycles. The van der Waals surface area contributed by atoms with Gasteiger partial charge in [-0.2, -0.15) is 0 Å². The van der Waals surface area contributed by atoms with Gasteiger partial charge in [0, 0.05) is 18.7 Å². The third kappa shape index (κ3) is 5.13. The number of hydrogen-bond acceptors (Lipinski definition) is 5. The summed E-state index contributed by atoms with van der Waals surface area (Å²) in [5.74, 6) is 1.60. The van der Waals surface area contributed by atoms with E-state index < -0.39 is 10.8 Å². The van der Waals surface area contributed by atoms with Crippen molar-refractivity contribution in [3.05, 3.63) is 36.4 Å². The smallest absolute Gasteiger partial charge is 0.120 e. The van der Waals surface area contributed by atoms with E-state index in [0.717, 1.165) is 58.3 Å². The summed E-state index contributed by atoms with van der Waals surface area (Å²) in [4.78, 5) is 5.95. The van der Waals surface area contributed by atoms with Gasteiger partial charge in [-0.15, -0.1) is 0 Å². The van der Waals surface area contributed by atoms with Crippen LogP contribution in [0.1, 0.15) is 12.8 Å². The third-order valence-corrected chi connectivity index (χ3v) is 6.12. The van der Waals surface area contributed by atoms with Gasteiger partial charge >= 0.3 is 0 Å². The van der Waals surface area contributed by atoms with Crippen LogP contribution >= 0.6 is 0 Å². The molecule has 0 N–H and O–H groups in total. The van der Waals surface area contributed by atoms with Crippen LogP contribution in [0.2, 0.25) is 0 Å². The minimum atomic E-state index is -1.17. The zero-order chi connectivity index (χ0) is 20.1. The SMILES string of the molecule is CN(C)CCCOc1ccc2c(c1)-c1ccc(OCCCN(C)C)cc1S2=O. The maximum Gasteiger partial charge on any atom is 0.120 e. The zero-order valence-electron chi connectivity index (χ0n) is 17.2. The van der Waals surface area contributed by atoms with Crippen LogP contribution in [0.5, 0.6) is 11.5 Å². The number of fused-ring (bicyclic) bond motifs is 3. The summed E-state index contributed by atoms with van der Waals surface area (Å²) in [7, 11) is 7.05. The average Bonchev–Trinajstić information content (AvgIpc) is 2.94. The third-order valence-electron chi connectivity index (χ3n) is 4.63. The van der Waals surface area contributed by atoms with Gasteiger partial charge in [-0.25, -0.2) is 4.21 Å². The Labute approximate surface area is 170 Å². The van der Waals surface area contributed by atoms with Crippen LogP contribution in [0, 0.1) is 0 Å². The van der Waals surface area contributed by atoms with Crippen LogP contribution in [0.4, 0.5) is 0 Å². The molecule has 0 aliphatic carbocycles. The van der Waals surface area contributed by atoms with Gasteiger partial charge in [-0.05, 0) is 83.0 Å². The van der Waals surface area contributed by atoms with Crippen molar-refractivity contribution in [2.75, 3.05) is 54.5 Å². The lowest BCUT2D eigenvalue weighted by atomic mass is 10.1. The molecule has 2 aromatic carbocycles. The molecule has 0 radical (unpaired) electrons. The van der Waals surface area contributed by atoms with Crippen molar-refractivity contribution in [2.45, 2.75) is 22.6 Å². The molecule has 0 bridgehead atoms. The first-order valence-electron chi connectivity index (χ1n) is 9.71. The minimum Gasteiger partial charge on any atom is -0.494 e. The molecule has 1 atom stereocenters. The molecule has 2 aromatic rings. The molecule has 6 heteroatoms. The van der Waals surface area contributed by atoms with E-state index in [1.165, 1.54) is 0 Å². The highest BCUT2D eigenvalue weighted by Gasteiger charge is 2.26. The van der Waals surface area contributed by atoms with Crippen molar-refractivity contribution in [1.82, 2.24) is 9.80 Å². The van der Waals surface area contributed by atoms with Gasteiger partial charge in [0.05, 0.1) is 33.8 Å². The molecule has 0 spiro atoms. The predicted molar refractivity (Wildman–Crippen MR) is 114 cm³/mol. The van der Waals surface area contributed by atoms with Gasteiger partial charge in [0.2, 0.25) is 0 Å². The van der Waals surface area contributed by atoms with Crippen LogP contribution in [0.15, 0.2) is 46.2 Å². The van der Waals surface area contributed by atoms with Crippen LogP contribution in [-0.2, 0) is 10.8 Å². The Balaban J connectivity index is 1.68. The van der Waals surface area contributed by atoms with Gasteiger partial charge in [0.15, 0.2) is 0 Å². The van der Waals surface area contributed by atoms with Crippen molar-refractivity contribution in [3.8, 4) is 22.6 Å². The van der Waals surface area contributed by atoms with Crippen LogP contribution in [-0.4, -0.2) is 68.5 Å². The summed E-state index contributed by atoms with van der Waals surface area (Å²) in [6.07, 6.45) is 1.93. The number of benzene rings is 2. The number of ether oxygens (including phenoxy) is 2. The summed E-state index contributed by atoms with van der Waals surface area (Å²) in [5.41, 5.74) is 2.00. The Hall–Kier alpha value is -1.89. The Kier molecular flexibility index (Phi) is 7.10. The quantitative estimate of drug-likeness (QED) is 0.486. The molecule has 0 saturated heterocycles. The van der Waals surface area contributed by atoms with Crippen molar-refractivity contribution in [1.29, 1.82) is 0 Å². The minimum absolute atomic E-state index is 0.654. The fourth-order valence-electron chi connectivity index (χ4n) is 3.20. The maximum absolute atomic E-state index is 12.9. The molecule has 3 rings (SSSR count). The highest BCUT2D eigenvalue weighted by molar-refractivity contribution is 7.85. The molecular weight excluding hydrogens is 372 g/mol. The van der Waals surface area contributed by atoms with Crippen LogP contribution in [0.25, 0.3) is 11.1 Å². The van der Waals surface area contributed by atoms with E-state index in [1.54, 1.807) is 0 Å². The lowest BCUT2D eigenvalue weighted by molar-refractivity contribution is 0.281. The molecule has 1 aliphatic heterocycles. The fourth-order valence-corrected chi connectivity index (χ4v) is 4.60. The van der Waals surface area contributed by atoms with Gasteiger partial charge in [-0.1, -0.05) is 0 Å².